The maximum absolute atomic E-state index is 10.5. The number of unbranched alkanes of at least 4 members (excludes halogenated alkanes) is 4. The lowest BCUT2D eigenvalue weighted by molar-refractivity contribution is -0.0536. The van der Waals surface area contributed by atoms with Crippen molar-refractivity contribution in [2.45, 2.75) is 77.9 Å². The zero-order valence-electron chi connectivity index (χ0n) is 12.0. The third-order valence-electron chi connectivity index (χ3n) is 2.98. The first-order chi connectivity index (χ1) is 8.61. The Morgan fingerprint density at radius 2 is 1.78 bits per heavy atom. The van der Waals surface area contributed by atoms with E-state index in [1.165, 1.54) is 19.3 Å². The van der Waals surface area contributed by atoms with Crippen LogP contribution in [-0.4, -0.2) is 30.1 Å². The van der Waals surface area contributed by atoms with E-state index in [1.54, 1.807) is 6.92 Å². The van der Waals surface area contributed by atoms with Crippen LogP contribution in [0, 0.1) is 0 Å². The molecule has 0 aromatic rings. The molecule has 0 rings (SSSR count). The summed E-state index contributed by atoms with van der Waals surface area (Å²) in [4.78, 5) is 10.5. The van der Waals surface area contributed by atoms with Crippen molar-refractivity contribution in [3.63, 3.8) is 0 Å². The summed E-state index contributed by atoms with van der Waals surface area (Å²) in [6.45, 7) is 6.73. The second-order valence-electron chi connectivity index (χ2n) is 4.70. The maximum atomic E-state index is 10.5. The molecule has 0 aromatic carbocycles. The van der Waals surface area contributed by atoms with E-state index in [-0.39, 0.29) is 12.2 Å². The van der Waals surface area contributed by atoms with E-state index in [9.17, 15) is 4.79 Å². The van der Waals surface area contributed by atoms with Crippen molar-refractivity contribution in [2.24, 2.45) is 0 Å². The van der Waals surface area contributed by atoms with Crippen molar-refractivity contribution in [3.05, 3.63) is 0 Å². The quantitative estimate of drug-likeness (QED) is 0.446. The van der Waals surface area contributed by atoms with Crippen LogP contribution < -0.4 is 0 Å². The molecule has 1 N–H and O–H groups in total. The minimum atomic E-state index is -1.22. The van der Waals surface area contributed by atoms with Gasteiger partial charge >= 0.3 is 6.16 Å². The fourth-order valence-corrected chi connectivity index (χ4v) is 1.84. The maximum Gasteiger partial charge on any atom is 0.506 e. The lowest BCUT2D eigenvalue weighted by Gasteiger charge is -2.23. The number of ether oxygens (including phenoxy) is 2. The Labute approximate surface area is 111 Å². The molecule has 2 atom stereocenters. The van der Waals surface area contributed by atoms with Crippen LogP contribution in [-0.2, 0) is 9.47 Å². The van der Waals surface area contributed by atoms with Gasteiger partial charge in [0.1, 0.15) is 6.10 Å². The molecule has 0 saturated carbocycles. The van der Waals surface area contributed by atoms with Crippen LogP contribution in [0.3, 0.4) is 0 Å². The number of hydrogen-bond donors (Lipinski definition) is 1. The molecular weight excluding hydrogens is 232 g/mol. The summed E-state index contributed by atoms with van der Waals surface area (Å²) in [7, 11) is 0. The highest BCUT2D eigenvalue weighted by Gasteiger charge is 2.21. The average molecular weight is 260 g/mol. The summed E-state index contributed by atoms with van der Waals surface area (Å²) in [5.41, 5.74) is 0. The van der Waals surface area contributed by atoms with E-state index in [0.29, 0.717) is 6.61 Å². The SMILES string of the molecule is CCCCCCC(OCCCC)C(C)OC(=O)O. The molecule has 0 aliphatic rings. The molecule has 4 heteroatoms. The van der Waals surface area contributed by atoms with E-state index in [0.717, 1.165) is 25.7 Å². The first kappa shape index (κ1) is 17.2. The fraction of sp³-hybridized carbons (Fsp3) is 0.929. The van der Waals surface area contributed by atoms with Crippen molar-refractivity contribution in [1.29, 1.82) is 0 Å². The third-order valence-corrected chi connectivity index (χ3v) is 2.98. The van der Waals surface area contributed by atoms with Crippen molar-refractivity contribution in [3.8, 4) is 0 Å². The van der Waals surface area contributed by atoms with Gasteiger partial charge in [0.25, 0.3) is 0 Å². The van der Waals surface area contributed by atoms with Gasteiger partial charge in [0.2, 0.25) is 0 Å². The number of hydrogen-bond acceptors (Lipinski definition) is 3. The van der Waals surface area contributed by atoms with Crippen LogP contribution >= 0.6 is 0 Å². The Morgan fingerprint density at radius 3 is 2.33 bits per heavy atom. The molecule has 0 spiro atoms. The van der Waals surface area contributed by atoms with Gasteiger partial charge in [0.15, 0.2) is 0 Å². The minimum absolute atomic E-state index is 0.107. The molecule has 0 heterocycles. The van der Waals surface area contributed by atoms with Crippen LogP contribution in [0.2, 0.25) is 0 Å². The summed E-state index contributed by atoms with van der Waals surface area (Å²) < 4.78 is 10.5. The Kier molecular flexibility index (Phi) is 10.8. The lowest BCUT2D eigenvalue weighted by atomic mass is 10.1. The highest BCUT2D eigenvalue weighted by molar-refractivity contribution is 5.57. The smallest absolute Gasteiger partial charge is 0.450 e. The first-order valence-corrected chi connectivity index (χ1v) is 7.13. The van der Waals surface area contributed by atoms with Gasteiger partial charge in [-0.25, -0.2) is 4.79 Å². The van der Waals surface area contributed by atoms with Gasteiger partial charge in [-0.2, -0.15) is 0 Å². The summed E-state index contributed by atoms with van der Waals surface area (Å²) >= 11 is 0. The second kappa shape index (κ2) is 11.3. The minimum Gasteiger partial charge on any atom is -0.450 e. The van der Waals surface area contributed by atoms with Gasteiger partial charge in [-0.1, -0.05) is 46.0 Å². The first-order valence-electron chi connectivity index (χ1n) is 7.13. The van der Waals surface area contributed by atoms with Gasteiger partial charge in [0, 0.05) is 6.61 Å². The van der Waals surface area contributed by atoms with Crippen LogP contribution in [0.25, 0.3) is 0 Å². The highest BCUT2D eigenvalue weighted by atomic mass is 16.7. The van der Waals surface area contributed by atoms with Gasteiger partial charge in [0.05, 0.1) is 6.10 Å². The molecule has 0 saturated heterocycles. The van der Waals surface area contributed by atoms with E-state index in [1.807, 2.05) is 0 Å². The van der Waals surface area contributed by atoms with E-state index in [2.05, 4.69) is 13.8 Å². The Morgan fingerprint density at radius 1 is 1.11 bits per heavy atom. The topological polar surface area (TPSA) is 55.8 Å². The van der Waals surface area contributed by atoms with E-state index in [4.69, 9.17) is 14.6 Å². The summed E-state index contributed by atoms with van der Waals surface area (Å²) in [6, 6.07) is 0. The molecule has 0 aromatic heterocycles. The summed E-state index contributed by atoms with van der Waals surface area (Å²) in [5, 5.41) is 8.64. The zero-order chi connectivity index (χ0) is 13.8. The second-order valence-corrected chi connectivity index (χ2v) is 4.70. The van der Waals surface area contributed by atoms with Gasteiger partial charge < -0.3 is 14.6 Å². The molecule has 4 nitrogen and oxygen atoms in total. The van der Waals surface area contributed by atoms with Crippen molar-refractivity contribution >= 4 is 6.16 Å². The summed E-state index contributed by atoms with van der Waals surface area (Å²) in [6.07, 6.45) is 5.89. The van der Waals surface area contributed by atoms with Crippen LogP contribution in [0.1, 0.15) is 65.7 Å². The molecular formula is C14H28O4. The third kappa shape index (κ3) is 9.28. The molecule has 108 valence electrons. The predicted octanol–water partition coefficient (Wildman–Crippen LogP) is 4.23. The molecule has 2 unspecified atom stereocenters. The van der Waals surface area contributed by atoms with Crippen LogP contribution in [0.15, 0.2) is 0 Å². The highest BCUT2D eigenvalue weighted by Crippen LogP contribution is 2.14. The summed E-state index contributed by atoms with van der Waals surface area (Å²) in [5.74, 6) is 0. The largest absolute Gasteiger partial charge is 0.506 e. The van der Waals surface area contributed by atoms with Crippen LogP contribution in [0.5, 0.6) is 0 Å². The molecule has 0 amide bonds. The number of carboxylic acid groups (broad SMARTS) is 1. The molecule has 0 aliphatic carbocycles. The Hall–Kier alpha value is -0.770. The monoisotopic (exact) mass is 260 g/mol. The van der Waals surface area contributed by atoms with Crippen molar-refractivity contribution in [1.82, 2.24) is 0 Å². The fourth-order valence-electron chi connectivity index (χ4n) is 1.84. The zero-order valence-corrected chi connectivity index (χ0v) is 12.0. The van der Waals surface area contributed by atoms with E-state index < -0.39 is 6.16 Å². The molecule has 0 bridgehead atoms. The Bertz CT molecular complexity index is 206. The molecule has 0 aliphatic heterocycles. The molecule has 18 heavy (non-hydrogen) atoms. The lowest BCUT2D eigenvalue weighted by Crippen LogP contribution is -2.31. The van der Waals surface area contributed by atoms with Gasteiger partial charge in [-0.15, -0.1) is 0 Å². The molecule has 0 radical (unpaired) electrons. The molecule has 0 fully saturated rings. The van der Waals surface area contributed by atoms with Crippen LogP contribution in [0.4, 0.5) is 4.79 Å². The number of carbonyl (C=O) groups is 1. The number of rotatable bonds is 11. The van der Waals surface area contributed by atoms with E-state index >= 15 is 0 Å². The normalized spacial score (nSPS) is 14.2. The van der Waals surface area contributed by atoms with Crippen molar-refractivity contribution < 1.29 is 19.4 Å². The Balaban J connectivity index is 4.01. The van der Waals surface area contributed by atoms with Gasteiger partial charge in [-0.05, 0) is 19.8 Å². The predicted molar refractivity (Wildman–Crippen MR) is 72.0 cm³/mol. The van der Waals surface area contributed by atoms with Gasteiger partial charge in [-0.3, -0.25) is 0 Å². The van der Waals surface area contributed by atoms with Crippen molar-refractivity contribution in [2.75, 3.05) is 6.61 Å². The average Bonchev–Trinajstić information content (AvgIpc) is 2.31. The standard InChI is InChI=1S/C14H28O4/c1-4-6-8-9-10-13(17-11-7-5-2)12(3)18-14(15)16/h12-13H,4-11H2,1-3H3,(H,15,16).